The largest absolute Gasteiger partial charge is 0.459 e. The lowest BCUT2D eigenvalue weighted by Crippen LogP contribution is -2.40. The van der Waals surface area contributed by atoms with E-state index >= 15 is 0 Å². The molecule has 1 N–H and O–H groups in total. The van der Waals surface area contributed by atoms with Crippen molar-refractivity contribution in [2.75, 3.05) is 6.61 Å². The topological polar surface area (TPSA) is 46.5 Å². The number of hydrogen-bond acceptors (Lipinski definition) is 3. The molecule has 0 aromatic rings. The molecule has 0 aromatic carbocycles. The van der Waals surface area contributed by atoms with Gasteiger partial charge in [-0.25, -0.2) is 4.79 Å². The van der Waals surface area contributed by atoms with Crippen molar-refractivity contribution < 1.29 is 14.6 Å². The van der Waals surface area contributed by atoms with Gasteiger partial charge in [-0.05, 0) is 74.0 Å². The first-order valence-corrected chi connectivity index (χ1v) is 8.07. The number of ether oxygens (including phenoxy) is 1. The van der Waals surface area contributed by atoms with Crippen molar-refractivity contribution in [1.29, 1.82) is 0 Å². The van der Waals surface area contributed by atoms with Crippen LogP contribution in [0.5, 0.6) is 0 Å². The summed E-state index contributed by atoms with van der Waals surface area (Å²) in [7, 11) is 0. The zero-order valence-corrected chi connectivity index (χ0v) is 12.1. The lowest BCUT2D eigenvalue weighted by Gasteiger charge is -2.40. The minimum atomic E-state index is -0.221. The molecule has 0 heterocycles. The molecule has 110 valence electrons. The predicted molar refractivity (Wildman–Crippen MR) is 74.7 cm³/mol. The molecule has 0 amide bonds. The highest BCUT2D eigenvalue weighted by molar-refractivity contribution is 5.87. The zero-order chi connectivity index (χ0) is 14.0. The van der Waals surface area contributed by atoms with E-state index in [1.54, 1.807) is 6.92 Å². The van der Waals surface area contributed by atoms with Crippen molar-refractivity contribution in [1.82, 2.24) is 0 Å². The van der Waals surface area contributed by atoms with Gasteiger partial charge in [0, 0.05) is 12.2 Å². The first kappa shape index (κ1) is 12.9. The Hall–Kier alpha value is -0.830. The van der Waals surface area contributed by atoms with Crippen LogP contribution >= 0.6 is 0 Å². The van der Waals surface area contributed by atoms with Crippen LogP contribution < -0.4 is 0 Å². The van der Waals surface area contributed by atoms with Gasteiger partial charge in [-0.2, -0.15) is 0 Å². The van der Waals surface area contributed by atoms with Gasteiger partial charge >= 0.3 is 5.97 Å². The van der Waals surface area contributed by atoms with Gasteiger partial charge in [-0.1, -0.05) is 6.58 Å². The summed E-state index contributed by atoms with van der Waals surface area (Å²) in [5, 5.41) is 9.57. The Balaban J connectivity index is 1.52. The van der Waals surface area contributed by atoms with E-state index in [1.165, 1.54) is 19.3 Å². The lowest BCUT2D eigenvalue weighted by atomic mass is 9.67. The number of carbonyl (C=O) groups is 1. The molecule has 20 heavy (non-hydrogen) atoms. The van der Waals surface area contributed by atoms with Gasteiger partial charge < -0.3 is 9.84 Å². The molecule has 0 aromatic heterocycles. The van der Waals surface area contributed by atoms with E-state index in [4.69, 9.17) is 4.74 Å². The van der Waals surface area contributed by atoms with Crippen LogP contribution in [0.25, 0.3) is 0 Å². The summed E-state index contributed by atoms with van der Waals surface area (Å²) in [6, 6.07) is 0. The van der Waals surface area contributed by atoms with Crippen LogP contribution in [0, 0.1) is 41.4 Å². The average molecular weight is 276 g/mol. The van der Waals surface area contributed by atoms with Crippen LogP contribution in [0.2, 0.25) is 0 Å². The summed E-state index contributed by atoms with van der Waals surface area (Å²) in [6.07, 6.45) is 4.98. The first-order valence-electron chi connectivity index (χ1n) is 8.07. The molecule has 0 aliphatic heterocycles. The summed E-state index contributed by atoms with van der Waals surface area (Å²) >= 11 is 0. The Kier molecular flexibility index (Phi) is 2.79. The number of hydrogen-bond donors (Lipinski definition) is 1. The average Bonchev–Trinajstić information content (AvgIpc) is 3.14. The van der Waals surface area contributed by atoms with E-state index in [9.17, 15) is 9.90 Å². The van der Waals surface area contributed by atoms with Crippen LogP contribution in [0.15, 0.2) is 12.2 Å². The number of esters is 1. The molecule has 0 saturated heterocycles. The lowest BCUT2D eigenvalue weighted by molar-refractivity contribution is -0.149. The predicted octanol–water partition coefficient (Wildman–Crippen LogP) is 2.39. The minimum Gasteiger partial charge on any atom is -0.459 e. The van der Waals surface area contributed by atoms with Gasteiger partial charge in [0.05, 0.1) is 0 Å². The van der Waals surface area contributed by atoms with Gasteiger partial charge in [0.1, 0.15) is 6.10 Å². The number of carbonyl (C=O) groups excluding carboxylic acids is 1. The molecule has 4 aliphatic rings. The zero-order valence-electron chi connectivity index (χ0n) is 12.1. The Labute approximate surface area is 120 Å². The summed E-state index contributed by atoms with van der Waals surface area (Å²) in [6.45, 7) is 5.75. The van der Waals surface area contributed by atoms with Crippen molar-refractivity contribution in [3.63, 3.8) is 0 Å². The molecule has 0 spiro atoms. The van der Waals surface area contributed by atoms with E-state index < -0.39 is 0 Å². The molecule has 4 rings (SSSR count). The first-order chi connectivity index (χ1) is 9.60. The van der Waals surface area contributed by atoms with Gasteiger partial charge in [0.15, 0.2) is 0 Å². The third-order valence-electron chi connectivity index (χ3n) is 6.74. The van der Waals surface area contributed by atoms with Gasteiger partial charge in [0.2, 0.25) is 0 Å². The summed E-state index contributed by atoms with van der Waals surface area (Å²) < 4.78 is 5.69. The van der Waals surface area contributed by atoms with Crippen LogP contribution in [0.1, 0.15) is 32.6 Å². The molecular formula is C17H24O3. The summed E-state index contributed by atoms with van der Waals surface area (Å²) in [4.78, 5) is 11.8. The fourth-order valence-electron chi connectivity index (χ4n) is 6.26. The minimum absolute atomic E-state index is 0.115. The number of aliphatic hydroxyl groups excluding tert-OH is 1. The number of rotatable bonds is 3. The SMILES string of the molecule is C=C(C)C(=O)OC1CC2CC1C1C3CC(CC3CO)C21. The molecule has 4 saturated carbocycles. The maximum absolute atomic E-state index is 11.8. The van der Waals surface area contributed by atoms with E-state index in [2.05, 4.69) is 6.58 Å². The van der Waals surface area contributed by atoms with Gasteiger partial charge in [-0.3, -0.25) is 0 Å². The van der Waals surface area contributed by atoms with E-state index in [0.717, 1.165) is 24.2 Å². The fraction of sp³-hybridized carbons (Fsp3) is 0.824. The highest BCUT2D eigenvalue weighted by Gasteiger charge is 2.65. The van der Waals surface area contributed by atoms with E-state index in [0.29, 0.717) is 35.9 Å². The molecule has 8 atom stereocenters. The Morgan fingerprint density at radius 2 is 1.85 bits per heavy atom. The van der Waals surface area contributed by atoms with Crippen LogP contribution in [-0.2, 0) is 9.53 Å². The van der Waals surface area contributed by atoms with Crippen molar-refractivity contribution >= 4 is 5.97 Å². The molecule has 4 bridgehead atoms. The molecule has 4 aliphatic carbocycles. The van der Waals surface area contributed by atoms with Crippen LogP contribution in [0.4, 0.5) is 0 Å². The van der Waals surface area contributed by atoms with Crippen LogP contribution in [0.3, 0.4) is 0 Å². The Morgan fingerprint density at radius 3 is 2.55 bits per heavy atom. The second-order valence-electron chi connectivity index (χ2n) is 7.61. The second kappa shape index (κ2) is 4.33. The molecule has 3 heteroatoms. The Morgan fingerprint density at radius 1 is 1.15 bits per heavy atom. The maximum atomic E-state index is 11.8. The van der Waals surface area contributed by atoms with Crippen molar-refractivity contribution in [3.8, 4) is 0 Å². The second-order valence-corrected chi connectivity index (χ2v) is 7.61. The standard InChI is InChI=1S/C17H24O3/c1-8(2)17(19)20-14-6-10-5-13(14)16-12-4-9(15(10)16)3-11(12)7-18/h9-16,18H,1,3-7H2,2H3. The number of fused-ring (bicyclic) bond motifs is 9. The Bertz CT molecular complexity index is 457. The third-order valence-corrected chi connectivity index (χ3v) is 6.74. The smallest absolute Gasteiger partial charge is 0.333 e. The number of aliphatic hydroxyl groups is 1. The summed E-state index contributed by atoms with van der Waals surface area (Å²) in [5.74, 6) is 4.73. The maximum Gasteiger partial charge on any atom is 0.333 e. The molecule has 4 fully saturated rings. The molecule has 8 unspecified atom stereocenters. The highest BCUT2D eigenvalue weighted by atomic mass is 16.5. The normalized spacial score (nSPS) is 51.3. The molecule has 0 radical (unpaired) electrons. The quantitative estimate of drug-likeness (QED) is 0.489. The van der Waals surface area contributed by atoms with Crippen molar-refractivity contribution in [2.45, 2.75) is 38.7 Å². The highest BCUT2D eigenvalue weighted by Crippen LogP contribution is 2.69. The van der Waals surface area contributed by atoms with Crippen LogP contribution in [-0.4, -0.2) is 23.8 Å². The third kappa shape index (κ3) is 1.59. The van der Waals surface area contributed by atoms with E-state index in [1.807, 2.05) is 0 Å². The molecule has 3 nitrogen and oxygen atoms in total. The van der Waals surface area contributed by atoms with Gasteiger partial charge in [-0.15, -0.1) is 0 Å². The van der Waals surface area contributed by atoms with Gasteiger partial charge in [0.25, 0.3) is 0 Å². The molecular weight excluding hydrogens is 252 g/mol. The van der Waals surface area contributed by atoms with E-state index in [-0.39, 0.29) is 12.1 Å². The monoisotopic (exact) mass is 276 g/mol. The summed E-state index contributed by atoms with van der Waals surface area (Å²) in [5.41, 5.74) is 0.505. The fourth-order valence-corrected chi connectivity index (χ4v) is 6.26. The van der Waals surface area contributed by atoms with Crippen molar-refractivity contribution in [2.24, 2.45) is 41.4 Å². The van der Waals surface area contributed by atoms with Crippen molar-refractivity contribution in [3.05, 3.63) is 12.2 Å².